The van der Waals surface area contributed by atoms with Gasteiger partial charge >= 0.3 is 0 Å². The van der Waals surface area contributed by atoms with E-state index in [0.717, 1.165) is 17.5 Å². The van der Waals surface area contributed by atoms with Crippen LogP contribution < -0.4 is 5.32 Å². The molecule has 0 radical (unpaired) electrons. The molecule has 2 aliphatic rings. The standard InChI is InChI=1S/C16H15ClFN3/c17-16-13(9-3-4-19-15(18)6-9)5-10(8-20-16)12-7-11-1-2-14(12)21-11/h3-6,8,11-12,14,21H,1-2,7H2/t11-,12-,14-/m1/s1. The van der Waals surface area contributed by atoms with Crippen LogP contribution in [0.15, 0.2) is 30.6 Å². The van der Waals surface area contributed by atoms with Crippen LogP contribution >= 0.6 is 11.6 Å². The summed E-state index contributed by atoms with van der Waals surface area (Å²) in [5.74, 6) is -0.0190. The van der Waals surface area contributed by atoms with Gasteiger partial charge in [-0.15, -0.1) is 0 Å². The molecule has 3 atom stereocenters. The zero-order valence-electron chi connectivity index (χ0n) is 11.4. The topological polar surface area (TPSA) is 37.8 Å². The predicted molar refractivity (Wildman–Crippen MR) is 79.7 cm³/mol. The van der Waals surface area contributed by atoms with Crippen molar-refractivity contribution in [2.45, 2.75) is 37.3 Å². The van der Waals surface area contributed by atoms with Gasteiger partial charge in [0.2, 0.25) is 5.95 Å². The average molecular weight is 304 g/mol. The van der Waals surface area contributed by atoms with Gasteiger partial charge in [0.1, 0.15) is 5.15 Å². The molecule has 0 aliphatic carbocycles. The molecule has 2 aromatic heterocycles. The monoisotopic (exact) mass is 303 g/mol. The summed E-state index contributed by atoms with van der Waals surface area (Å²) in [6.45, 7) is 0. The van der Waals surface area contributed by atoms with E-state index in [-0.39, 0.29) is 0 Å². The van der Waals surface area contributed by atoms with Gasteiger partial charge in [-0.25, -0.2) is 9.97 Å². The van der Waals surface area contributed by atoms with Crippen LogP contribution in [0.2, 0.25) is 5.15 Å². The molecule has 0 saturated carbocycles. The molecule has 4 heterocycles. The Morgan fingerprint density at radius 3 is 2.86 bits per heavy atom. The molecule has 2 bridgehead atoms. The highest BCUT2D eigenvalue weighted by Gasteiger charge is 2.39. The second-order valence-electron chi connectivity index (χ2n) is 5.86. The summed E-state index contributed by atoms with van der Waals surface area (Å²) in [7, 11) is 0. The summed E-state index contributed by atoms with van der Waals surface area (Å²) < 4.78 is 13.3. The van der Waals surface area contributed by atoms with Crippen LogP contribution in [0.3, 0.4) is 0 Å². The number of hydrogen-bond donors (Lipinski definition) is 1. The molecule has 0 unspecified atom stereocenters. The van der Waals surface area contributed by atoms with E-state index in [1.54, 1.807) is 6.07 Å². The van der Waals surface area contributed by atoms with Crippen molar-refractivity contribution in [2.24, 2.45) is 0 Å². The van der Waals surface area contributed by atoms with E-state index in [2.05, 4.69) is 21.4 Å². The lowest BCUT2D eigenvalue weighted by molar-refractivity contribution is 0.505. The molecule has 4 rings (SSSR count). The van der Waals surface area contributed by atoms with Gasteiger partial charge in [0.25, 0.3) is 0 Å². The van der Waals surface area contributed by atoms with E-state index >= 15 is 0 Å². The summed E-state index contributed by atoms with van der Waals surface area (Å²) in [5.41, 5.74) is 2.68. The van der Waals surface area contributed by atoms with E-state index < -0.39 is 5.95 Å². The van der Waals surface area contributed by atoms with Crippen molar-refractivity contribution in [3.8, 4) is 11.1 Å². The highest BCUT2D eigenvalue weighted by molar-refractivity contribution is 6.32. The van der Waals surface area contributed by atoms with Crippen molar-refractivity contribution in [1.82, 2.24) is 15.3 Å². The van der Waals surface area contributed by atoms with Gasteiger partial charge in [0.05, 0.1) is 0 Å². The van der Waals surface area contributed by atoms with Gasteiger partial charge in [-0.05, 0) is 42.5 Å². The van der Waals surface area contributed by atoms with Crippen LogP contribution in [0.5, 0.6) is 0 Å². The van der Waals surface area contributed by atoms with Crippen molar-refractivity contribution >= 4 is 11.6 Å². The molecule has 2 aliphatic heterocycles. The molecule has 2 saturated heterocycles. The maximum absolute atomic E-state index is 13.3. The van der Waals surface area contributed by atoms with Crippen molar-refractivity contribution in [2.75, 3.05) is 0 Å². The van der Waals surface area contributed by atoms with Gasteiger partial charge in [0.15, 0.2) is 0 Å². The Labute approximate surface area is 127 Å². The lowest BCUT2D eigenvalue weighted by Gasteiger charge is -2.21. The Morgan fingerprint density at radius 1 is 1.24 bits per heavy atom. The first kappa shape index (κ1) is 13.2. The molecule has 3 nitrogen and oxygen atoms in total. The highest BCUT2D eigenvalue weighted by atomic mass is 35.5. The van der Waals surface area contributed by atoms with Crippen molar-refractivity contribution in [3.05, 3.63) is 47.3 Å². The second-order valence-corrected chi connectivity index (χ2v) is 6.22. The third-order valence-corrected chi connectivity index (χ3v) is 4.93. The molecule has 2 aromatic rings. The normalized spacial score (nSPS) is 27.2. The first-order chi connectivity index (χ1) is 10.2. The summed E-state index contributed by atoms with van der Waals surface area (Å²) >= 11 is 6.20. The molecular formula is C16H15ClFN3. The fourth-order valence-electron chi connectivity index (χ4n) is 3.63. The van der Waals surface area contributed by atoms with E-state index in [9.17, 15) is 4.39 Å². The number of aromatic nitrogens is 2. The summed E-state index contributed by atoms with van der Waals surface area (Å²) in [5, 5.41) is 4.03. The van der Waals surface area contributed by atoms with Crippen LogP contribution in [0, 0.1) is 5.95 Å². The third kappa shape index (κ3) is 2.32. The zero-order valence-corrected chi connectivity index (χ0v) is 12.1. The molecule has 1 N–H and O–H groups in total. The number of halogens is 2. The summed E-state index contributed by atoms with van der Waals surface area (Å²) in [6.07, 6.45) is 6.95. The van der Waals surface area contributed by atoms with Crippen LogP contribution in [0.25, 0.3) is 11.1 Å². The van der Waals surface area contributed by atoms with Gasteiger partial charge in [-0.3, -0.25) is 0 Å². The highest BCUT2D eigenvalue weighted by Crippen LogP contribution is 2.41. The van der Waals surface area contributed by atoms with E-state index in [4.69, 9.17) is 11.6 Å². The van der Waals surface area contributed by atoms with Gasteiger partial charge in [-0.1, -0.05) is 11.6 Å². The predicted octanol–water partition coefficient (Wildman–Crippen LogP) is 3.54. The Morgan fingerprint density at radius 2 is 2.14 bits per heavy atom. The molecule has 0 aromatic carbocycles. The first-order valence-electron chi connectivity index (χ1n) is 7.24. The van der Waals surface area contributed by atoms with Crippen LogP contribution in [0.1, 0.15) is 30.7 Å². The molecule has 0 amide bonds. The maximum Gasteiger partial charge on any atom is 0.213 e. The van der Waals surface area contributed by atoms with E-state index in [1.807, 2.05) is 6.20 Å². The largest absolute Gasteiger partial charge is 0.311 e. The van der Waals surface area contributed by atoms with Gasteiger partial charge in [-0.2, -0.15) is 4.39 Å². The van der Waals surface area contributed by atoms with Crippen molar-refractivity contribution < 1.29 is 4.39 Å². The second kappa shape index (κ2) is 5.04. The van der Waals surface area contributed by atoms with Gasteiger partial charge < -0.3 is 5.32 Å². The molecule has 108 valence electrons. The van der Waals surface area contributed by atoms with Crippen molar-refractivity contribution in [3.63, 3.8) is 0 Å². The van der Waals surface area contributed by atoms with Crippen LogP contribution in [-0.2, 0) is 0 Å². The molecule has 21 heavy (non-hydrogen) atoms. The number of hydrogen-bond acceptors (Lipinski definition) is 3. The van der Waals surface area contributed by atoms with E-state index in [1.165, 1.54) is 30.7 Å². The molecular weight excluding hydrogens is 289 g/mol. The Balaban J connectivity index is 1.73. The minimum atomic E-state index is -0.504. The van der Waals surface area contributed by atoms with E-state index in [0.29, 0.717) is 23.2 Å². The Hall–Kier alpha value is -1.52. The fourth-order valence-corrected chi connectivity index (χ4v) is 3.84. The molecule has 0 spiro atoms. The SMILES string of the molecule is Fc1cc(-c2cc([C@H]3C[C@H]4CC[C@H]3N4)cnc2Cl)ccn1. The number of nitrogens with zero attached hydrogens (tertiary/aromatic N) is 2. The third-order valence-electron chi connectivity index (χ3n) is 4.63. The smallest absolute Gasteiger partial charge is 0.213 e. The number of fused-ring (bicyclic) bond motifs is 2. The maximum atomic E-state index is 13.3. The quantitative estimate of drug-likeness (QED) is 0.862. The minimum Gasteiger partial charge on any atom is -0.311 e. The number of rotatable bonds is 2. The Bertz CT molecular complexity index is 691. The first-order valence-corrected chi connectivity index (χ1v) is 7.62. The summed E-state index contributed by atoms with van der Waals surface area (Å²) in [6, 6.07) is 6.38. The van der Waals surface area contributed by atoms with Gasteiger partial charge in [0, 0.05) is 42.0 Å². The lowest BCUT2D eigenvalue weighted by Crippen LogP contribution is -2.21. The fraction of sp³-hybridized carbons (Fsp3) is 0.375. The lowest BCUT2D eigenvalue weighted by atomic mass is 9.84. The minimum absolute atomic E-state index is 0.403. The molecule has 5 heteroatoms. The number of nitrogens with one attached hydrogen (secondary N) is 1. The summed E-state index contributed by atoms with van der Waals surface area (Å²) in [4.78, 5) is 7.89. The van der Waals surface area contributed by atoms with Crippen LogP contribution in [-0.4, -0.2) is 22.1 Å². The van der Waals surface area contributed by atoms with Crippen LogP contribution in [0.4, 0.5) is 4.39 Å². The Kier molecular flexibility index (Phi) is 3.16. The van der Waals surface area contributed by atoms with Crippen molar-refractivity contribution in [1.29, 1.82) is 0 Å². The number of pyridine rings is 2. The molecule has 2 fully saturated rings. The average Bonchev–Trinajstić information content (AvgIpc) is 3.10. The zero-order chi connectivity index (χ0) is 14.4.